The molecule has 0 aliphatic heterocycles. The third kappa shape index (κ3) is 9.95. The van der Waals surface area contributed by atoms with Gasteiger partial charge in [0.05, 0.1) is 37.4 Å². The van der Waals surface area contributed by atoms with Crippen LogP contribution in [0.2, 0.25) is 0 Å². The topological polar surface area (TPSA) is 93.1 Å². The van der Waals surface area contributed by atoms with Crippen molar-refractivity contribution in [1.29, 1.82) is 0 Å². The van der Waals surface area contributed by atoms with Gasteiger partial charge in [-0.15, -0.1) is 0 Å². The van der Waals surface area contributed by atoms with Gasteiger partial charge in [0.1, 0.15) is 0 Å². The highest BCUT2D eigenvalue weighted by atomic mass is 16.5. The van der Waals surface area contributed by atoms with Crippen LogP contribution in [0.4, 0.5) is 0 Å². The molecule has 232 valence electrons. The van der Waals surface area contributed by atoms with E-state index in [1.54, 1.807) is 13.8 Å². The van der Waals surface area contributed by atoms with Crippen LogP contribution in [0.1, 0.15) is 108 Å². The Kier molecular flexibility index (Phi) is 13.5. The summed E-state index contributed by atoms with van der Waals surface area (Å²) in [5, 5.41) is 21.0. The summed E-state index contributed by atoms with van der Waals surface area (Å²) in [6.07, 6.45) is 13.4. The van der Waals surface area contributed by atoms with Crippen LogP contribution >= 0.6 is 0 Å². The molecule has 0 amide bonds. The van der Waals surface area contributed by atoms with Gasteiger partial charge in [-0.1, -0.05) is 69.5 Å². The molecule has 1 aliphatic carbocycles. The fourth-order valence-corrected chi connectivity index (χ4v) is 5.90. The molecule has 0 heterocycles. The lowest BCUT2D eigenvalue weighted by molar-refractivity contribution is -0.156. The third-order valence-corrected chi connectivity index (χ3v) is 8.75. The molecule has 3 rings (SSSR count). The maximum absolute atomic E-state index is 12.3. The number of fused-ring (bicyclic) bond motifs is 1. The number of benzene rings is 2. The minimum atomic E-state index is -0.898. The Morgan fingerprint density at radius 1 is 0.929 bits per heavy atom. The Labute approximate surface area is 252 Å². The molecule has 2 aromatic carbocycles. The Hall–Kier alpha value is -2.70. The van der Waals surface area contributed by atoms with E-state index in [-0.39, 0.29) is 24.8 Å². The summed E-state index contributed by atoms with van der Waals surface area (Å²) in [5.74, 6) is 0.552. The van der Waals surface area contributed by atoms with E-state index in [0.29, 0.717) is 25.4 Å². The lowest BCUT2D eigenvalue weighted by Gasteiger charge is -2.29. The summed E-state index contributed by atoms with van der Waals surface area (Å²) in [4.78, 5) is 24.1. The van der Waals surface area contributed by atoms with E-state index < -0.39 is 18.0 Å². The zero-order valence-corrected chi connectivity index (χ0v) is 26.1. The van der Waals surface area contributed by atoms with Gasteiger partial charge in [0, 0.05) is 0 Å². The van der Waals surface area contributed by atoms with E-state index in [1.807, 2.05) is 0 Å². The summed E-state index contributed by atoms with van der Waals surface area (Å²) in [6, 6.07) is 11.4. The zero-order chi connectivity index (χ0) is 30.5. The molecular formula is C36H52O6. The SMILES string of the molecule is C=C(CO)C(=O)OCCCc1cc(CCCOC(=O)C(C)(C)CO)c2ccc(C3CCC(CCCCC)CC3)cc2c1. The van der Waals surface area contributed by atoms with Crippen LogP contribution in [0.25, 0.3) is 10.8 Å². The predicted octanol–water partition coefficient (Wildman–Crippen LogP) is 7.21. The highest BCUT2D eigenvalue weighted by molar-refractivity contribution is 5.88. The summed E-state index contributed by atoms with van der Waals surface area (Å²) in [7, 11) is 0. The fourth-order valence-electron chi connectivity index (χ4n) is 5.90. The van der Waals surface area contributed by atoms with Gasteiger partial charge in [-0.25, -0.2) is 4.79 Å². The maximum atomic E-state index is 12.3. The summed E-state index contributed by atoms with van der Waals surface area (Å²) >= 11 is 0. The molecule has 2 aromatic rings. The molecule has 1 aliphatic rings. The first-order valence-corrected chi connectivity index (χ1v) is 16.0. The van der Waals surface area contributed by atoms with Gasteiger partial charge in [0.15, 0.2) is 0 Å². The number of hydrogen-bond acceptors (Lipinski definition) is 6. The highest BCUT2D eigenvalue weighted by Gasteiger charge is 2.28. The fraction of sp³-hybridized carbons (Fsp3) is 0.611. The van der Waals surface area contributed by atoms with Gasteiger partial charge in [0.25, 0.3) is 0 Å². The number of hydrogen-bond donors (Lipinski definition) is 2. The number of aliphatic hydroxyl groups is 2. The van der Waals surface area contributed by atoms with E-state index in [9.17, 15) is 14.7 Å². The Morgan fingerprint density at radius 3 is 2.33 bits per heavy atom. The van der Waals surface area contributed by atoms with Gasteiger partial charge in [-0.05, 0) is 105 Å². The molecule has 0 saturated heterocycles. The van der Waals surface area contributed by atoms with Crippen molar-refractivity contribution in [2.45, 2.75) is 104 Å². The lowest BCUT2D eigenvalue weighted by atomic mass is 9.76. The summed E-state index contributed by atoms with van der Waals surface area (Å²) < 4.78 is 10.7. The molecule has 1 saturated carbocycles. The van der Waals surface area contributed by atoms with Crippen LogP contribution in [0.5, 0.6) is 0 Å². The molecule has 0 aromatic heterocycles. The molecule has 0 atom stereocenters. The largest absolute Gasteiger partial charge is 0.465 e. The number of aryl methyl sites for hydroxylation is 2. The number of rotatable bonds is 17. The van der Waals surface area contributed by atoms with Gasteiger partial charge >= 0.3 is 11.9 Å². The minimum Gasteiger partial charge on any atom is -0.465 e. The Morgan fingerprint density at radius 2 is 1.64 bits per heavy atom. The first-order valence-electron chi connectivity index (χ1n) is 16.0. The first-order chi connectivity index (χ1) is 20.2. The van der Waals surface area contributed by atoms with Crippen molar-refractivity contribution in [3.8, 4) is 0 Å². The van der Waals surface area contributed by atoms with E-state index in [4.69, 9.17) is 14.6 Å². The number of carbonyl (C=O) groups excluding carboxylic acids is 2. The molecule has 2 N–H and O–H groups in total. The van der Waals surface area contributed by atoms with Gasteiger partial charge in [-0.2, -0.15) is 0 Å². The van der Waals surface area contributed by atoms with Crippen molar-refractivity contribution < 1.29 is 29.3 Å². The van der Waals surface area contributed by atoms with E-state index in [0.717, 1.165) is 18.8 Å². The second kappa shape index (κ2) is 16.8. The average molecular weight is 581 g/mol. The molecule has 6 nitrogen and oxygen atoms in total. The van der Waals surface area contributed by atoms with E-state index in [1.165, 1.54) is 78.8 Å². The van der Waals surface area contributed by atoms with E-state index in [2.05, 4.69) is 43.8 Å². The molecule has 0 spiro atoms. The van der Waals surface area contributed by atoms with Crippen LogP contribution in [0.3, 0.4) is 0 Å². The van der Waals surface area contributed by atoms with Crippen molar-refractivity contribution in [3.05, 3.63) is 59.2 Å². The number of unbranched alkanes of at least 4 members (excludes halogenated alkanes) is 2. The van der Waals surface area contributed by atoms with Crippen molar-refractivity contribution in [3.63, 3.8) is 0 Å². The quantitative estimate of drug-likeness (QED) is 0.117. The monoisotopic (exact) mass is 580 g/mol. The van der Waals surface area contributed by atoms with Gasteiger partial charge < -0.3 is 19.7 Å². The van der Waals surface area contributed by atoms with Crippen LogP contribution in [0, 0.1) is 11.3 Å². The van der Waals surface area contributed by atoms with Crippen LogP contribution in [-0.4, -0.2) is 48.6 Å². The van der Waals surface area contributed by atoms with Gasteiger partial charge in [-0.3, -0.25) is 4.79 Å². The van der Waals surface area contributed by atoms with Crippen LogP contribution < -0.4 is 0 Å². The highest BCUT2D eigenvalue weighted by Crippen LogP contribution is 2.39. The maximum Gasteiger partial charge on any atom is 0.335 e. The Bertz CT molecular complexity index is 1170. The standard InChI is InChI=1S/C36H52O6/c1-5-6-7-10-27-13-15-29(16-14-27)30-17-18-33-31(12-9-20-42-35(40)36(3,4)25-38)21-28(22-32(33)23-30)11-8-19-41-34(39)26(2)24-37/h17-18,21-23,27,29,37-38H,2,5-16,19-20,24-25H2,1,3-4H3. The van der Waals surface area contributed by atoms with Crippen molar-refractivity contribution in [1.82, 2.24) is 0 Å². The average Bonchev–Trinajstić information content (AvgIpc) is 3.00. The zero-order valence-electron chi connectivity index (χ0n) is 26.1. The molecule has 0 unspecified atom stereocenters. The number of aliphatic hydroxyl groups excluding tert-OH is 2. The summed E-state index contributed by atoms with van der Waals surface area (Å²) in [6.45, 7) is 9.08. The molecule has 0 bridgehead atoms. The van der Waals surface area contributed by atoms with Crippen LogP contribution in [0.15, 0.2) is 42.5 Å². The molecule has 6 heteroatoms. The summed E-state index contributed by atoms with van der Waals surface area (Å²) in [5.41, 5.74) is 2.99. The first kappa shape index (κ1) is 33.8. The van der Waals surface area contributed by atoms with E-state index >= 15 is 0 Å². The second-order valence-corrected chi connectivity index (χ2v) is 12.7. The molecule has 0 radical (unpaired) electrons. The lowest BCUT2D eigenvalue weighted by Crippen LogP contribution is -2.30. The Balaban J connectivity index is 1.71. The number of carbonyl (C=O) groups is 2. The normalized spacial score (nSPS) is 17.3. The van der Waals surface area contributed by atoms with Crippen LogP contribution in [-0.2, 0) is 31.9 Å². The minimum absolute atomic E-state index is 0.0635. The number of ether oxygens (including phenoxy) is 2. The molecule has 42 heavy (non-hydrogen) atoms. The van der Waals surface area contributed by atoms with Crippen molar-refractivity contribution in [2.24, 2.45) is 11.3 Å². The van der Waals surface area contributed by atoms with Crippen molar-refractivity contribution in [2.75, 3.05) is 26.4 Å². The second-order valence-electron chi connectivity index (χ2n) is 12.7. The third-order valence-electron chi connectivity index (χ3n) is 8.75. The smallest absolute Gasteiger partial charge is 0.335 e. The van der Waals surface area contributed by atoms with Crippen molar-refractivity contribution >= 4 is 22.7 Å². The number of esters is 2. The molecular weight excluding hydrogens is 528 g/mol. The van der Waals surface area contributed by atoms with Gasteiger partial charge in [0.2, 0.25) is 0 Å². The predicted molar refractivity (Wildman–Crippen MR) is 168 cm³/mol. The molecule has 1 fully saturated rings.